The number of para-hydroxylation sites is 1. The van der Waals surface area contributed by atoms with E-state index in [1.54, 1.807) is 13.0 Å². The topological polar surface area (TPSA) is 45.7 Å². The maximum absolute atomic E-state index is 12.9. The smallest absolute Gasteiger partial charge is 0.360 e. The molecule has 9 heteroatoms. The Kier molecular flexibility index (Phi) is 7.47. The molecular weight excluding hydrogens is 443 g/mol. The lowest BCUT2D eigenvalue weighted by Gasteiger charge is -2.49. The molecule has 2 aliphatic heterocycles. The van der Waals surface area contributed by atoms with Gasteiger partial charge in [0, 0.05) is 31.5 Å². The zero-order valence-corrected chi connectivity index (χ0v) is 18.7. The highest BCUT2D eigenvalue weighted by atomic mass is 35.5. The van der Waals surface area contributed by atoms with Gasteiger partial charge in [-0.2, -0.15) is 13.2 Å². The van der Waals surface area contributed by atoms with Gasteiger partial charge in [-0.3, -0.25) is 9.78 Å². The second kappa shape index (κ2) is 9.77. The molecule has 0 aliphatic carbocycles. The average molecular weight is 470 g/mol. The molecule has 0 radical (unpaired) electrons. The number of hydrogen-bond acceptors (Lipinski definition) is 4. The van der Waals surface area contributed by atoms with Gasteiger partial charge >= 0.3 is 6.18 Å². The van der Waals surface area contributed by atoms with Gasteiger partial charge in [0.1, 0.15) is 11.8 Å². The lowest BCUT2D eigenvalue weighted by Crippen LogP contribution is -2.61. The largest absolute Gasteiger partial charge is 0.433 e. The molecule has 2 aromatic rings. The van der Waals surface area contributed by atoms with Crippen molar-refractivity contribution in [2.45, 2.75) is 44.1 Å². The highest BCUT2D eigenvalue weighted by molar-refractivity contribution is 5.97. The molecule has 174 valence electrons. The second-order valence-electron chi connectivity index (χ2n) is 8.34. The standard InChI is InChI=1S/C23H26F3N3O2.ClH/c1-17-21(30)29(19-5-3-2-4-6-19)16-22(31-17)9-13-28(14-10-22)12-8-18-7-11-27-20(15-18)23(24,25)26;/h2-7,11,15,17H,8-10,12-14,16H2,1H3;1H. The first-order chi connectivity index (χ1) is 14.8. The fourth-order valence-electron chi connectivity index (χ4n) is 4.41. The Bertz CT molecular complexity index is 918. The molecule has 32 heavy (non-hydrogen) atoms. The van der Waals surface area contributed by atoms with Crippen LogP contribution in [-0.2, 0) is 22.1 Å². The molecule has 0 saturated carbocycles. The molecule has 1 aromatic heterocycles. The van der Waals surface area contributed by atoms with E-state index < -0.39 is 18.0 Å². The molecule has 1 atom stereocenters. The van der Waals surface area contributed by atoms with Crippen molar-refractivity contribution < 1.29 is 22.7 Å². The molecular formula is C23H27ClF3N3O2. The first-order valence-corrected chi connectivity index (χ1v) is 10.5. The van der Waals surface area contributed by atoms with Gasteiger partial charge in [0.05, 0.1) is 12.1 Å². The molecule has 2 fully saturated rings. The van der Waals surface area contributed by atoms with Crippen molar-refractivity contribution in [1.29, 1.82) is 0 Å². The Labute approximate surface area is 192 Å². The van der Waals surface area contributed by atoms with Crippen LogP contribution in [0.4, 0.5) is 18.9 Å². The van der Waals surface area contributed by atoms with Crippen molar-refractivity contribution in [3.63, 3.8) is 0 Å². The minimum Gasteiger partial charge on any atom is -0.360 e. The molecule has 2 aliphatic rings. The van der Waals surface area contributed by atoms with Crippen LogP contribution >= 0.6 is 12.4 Å². The predicted molar refractivity (Wildman–Crippen MR) is 118 cm³/mol. The predicted octanol–water partition coefficient (Wildman–Crippen LogP) is 4.35. The minimum absolute atomic E-state index is 0. The lowest BCUT2D eigenvalue weighted by molar-refractivity contribution is -0.161. The number of morpholine rings is 1. The van der Waals surface area contributed by atoms with Crippen molar-refractivity contribution >= 4 is 24.0 Å². The van der Waals surface area contributed by atoms with E-state index >= 15 is 0 Å². The number of benzene rings is 1. The highest BCUT2D eigenvalue weighted by Crippen LogP contribution is 2.35. The SMILES string of the molecule is CC1OC2(CCN(CCc3ccnc(C(F)(F)F)c3)CC2)CN(c2ccccc2)C1=O.Cl. The summed E-state index contributed by atoms with van der Waals surface area (Å²) in [6, 6.07) is 12.4. The van der Waals surface area contributed by atoms with Gasteiger partial charge in [0.25, 0.3) is 5.91 Å². The molecule has 0 bridgehead atoms. The summed E-state index contributed by atoms with van der Waals surface area (Å²) in [7, 11) is 0. The molecule has 2 saturated heterocycles. The fourth-order valence-corrected chi connectivity index (χ4v) is 4.41. The molecule has 1 aromatic carbocycles. The summed E-state index contributed by atoms with van der Waals surface area (Å²) < 4.78 is 44.8. The second-order valence-corrected chi connectivity index (χ2v) is 8.34. The van der Waals surface area contributed by atoms with Gasteiger partial charge in [0.2, 0.25) is 0 Å². The quantitative estimate of drug-likeness (QED) is 0.668. The van der Waals surface area contributed by atoms with Crippen LogP contribution in [0.2, 0.25) is 0 Å². The molecule has 1 amide bonds. The number of anilines is 1. The minimum atomic E-state index is -4.43. The molecule has 3 heterocycles. The zero-order chi connectivity index (χ0) is 22.1. The number of aromatic nitrogens is 1. The maximum atomic E-state index is 12.9. The fraction of sp³-hybridized carbons (Fsp3) is 0.478. The molecule has 0 N–H and O–H groups in total. The van der Waals surface area contributed by atoms with Crippen molar-refractivity contribution in [2.75, 3.05) is 31.1 Å². The van der Waals surface area contributed by atoms with Crippen LogP contribution in [0.5, 0.6) is 0 Å². The zero-order valence-electron chi connectivity index (χ0n) is 17.8. The van der Waals surface area contributed by atoms with E-state index in [1.165, 1.54) is 6.20 Å². The summed E-state index contributed by atoms with van der Waals surface area (Å²) in [5.74, 6) is -0.0302. The Balaban J connectivity index is 0.00000289. The summed E-state index contributed by atoms with van der Waals surface area (Å²) in [4.78, 5) is 20.2. The summed E-state index contributed by atoms with van der Waals surface area (Å²) in [6.07, 6.45) is -1.63. The van der Waals surface area contributed by atoms with Crippen LogP contribution < -0.4 is 4.90 Å². The van der Waals surface area contributed by atoms with Gasteiger partial charge in [-0.25, -0.2) is 0 Å². The number of rotatable bonds is 4. The van der Waals surface area contributed by atoms with Crippen LogP contribution in [-0.4, -0.2) is 53.7 Å². The average Bonchev–Trinajstić information content (AvgIpc) is 2.76. The first-order valence-electron chi connectivity index (χ1n) is 10.5. The number of hydrogen-bond donors (Lipinski definition) is 0. The van der Waals surface area contributed by atoms with Gasteiger partial charge < -0.3 is 14.5 Å². The maximum Gasteiger partial charge on any atom is 0.433 e. The summed E-state index contributed by atoms with van der Waals surface area (Å²) in [5, 5.41) is 0. The van der Waals surface area contributed by atoms with Crippen LogP contribution in [0.1, 0.15) is 31.0 Å². The van der Waals surface area contributed by atoms with Gasteiger partial charge in [-0.15, -0.1) is 12.4 Å². The molecule has 1 spiro atoms. The van der Waals surface area contributed by atoms with Gasteiger partial charge in [-0.1, -0.05) is 18.2 Å². The number of carbonyl (C=O) groups excluding carboxylic acids is 1. The first kappa shape index (κ1) is 24.5. The van der Waals surface area contributed by atoms with Crippen LogP contribution in [0.25, 0.3) is 0 Å². The molecule has 1 unspecified atom stereocenters. The Morgan fingerprint density at radius 1 is 1.16 bits per heavy atom. The third-order valence-corrected chi connectivity index (χ3v) is 6.15. The number of ether oxygens (including phenoxy) is 1. The van der Waals surface area contributed by atoms with E-state index in [4.69, 9.17) is 4.74 Å². The summed E-state index contributed by atoms with van der Waals surface area (Å²) >= 11 is 0. The summed E-state index contributed by atoms with van der Waals surface area (Å²) in [6.45, 7) is 4.55. The van der Waals surface area contributed by atoms with E-state index in [0.717, 1.165) is 37.7 Å². The third-order valence-electron chi connectivity index (χ3n) is 6.15. The van der Waals surface area contributed by atoms with E-state index in [0.29, 0.717) is 25.1 Å². The Morgan fingerprint density at radius 2 is 1.84 bits per heavy atom. The van der Waals surface area contributed by atoms with E-state index in [-0.39, 0.29) is 23.9 Å². The molecule has 4 rings (SSSR count). The number of halogens is 4. The van der Waals surface area contributed by atoms with Crippen LogP contribution in [0, 0.1) is 0 Å². The number of carbonyl (C=O) groups is 1. The van der Waals surface area contributed by atoms with Crippen LogP contribution in [0.15, 0.2) is 48.7 Å². The number of pyridine rings is 1. The van der Waals surface area contributed by atoms with Crippen molar-refractivity contribution in [3.05, 3.63) is 59.9 Å². The Hall–Kier alpha value is -2.16. The molecule has 5 nitrogen and oxygen atoms in total. The van der Waals surface area contributed by atoms with Gasteiger partial charge in [-0.05, 0) is 56.0 Å². The van der Waals surface area contributed by atoms with E-state index in [2.05, 4.69) is 9.88 Å². The van der Waals surface area contributed by atoms with Crippen molar-refractivity contribution in [2.24, 2.45) is 0 Å². The monoisotopic (exact) mass is 469 g/mol. The number of piperidine rings is 1. The van der Waals surface area contributed by atoms with E-state index in [1.807, 2.05) is 35.2 Å². The summed E-state index contributed by atoms with van der Waals surface area (Å²) in [5.41, 5.74) is 0.270. The van der Waals surface area contributed by atoms with Crippen molar-refractivity contribution in [3.8, 4) is 0 Å². The number of nitrogens with zero attached hydrogens (tertiary/aromatic N) is 3. The van der Waals surface area contributed by atoms with Gasteiger partial charge in [0.15, 0.2) is 0 Å². The lowest BCUT2D eigenvalue weighted by atomic mass is 9.88. The number of likely N-dealkylation sites (tertiary alicyclic amines) is 1. The third kappa shape index (κ3) is 5.42. The van der Waals surface area contributed by atoms with Crippen molar-refractivity contribution in [1.82, 2.24) is 9.88 Å². The number of alkyl halides is 3. The normalized spacial score (nSPS) is 21.4. The number of amides is 1. The highest BCUT2D eigenvalue weighted by Gasteiger charge is 2.45. The van der Waals surface area contributed by atoms with Crippen LogP contribution in [0.3, 0.4) is 0 Å². The van der Waals surface area contributed by atoms with E-state index in [9.17, 15) is 18.0 Å². The Morgan fingerprint density at radius 3 is 2.50 bits per heavy atom.